The third-order valence-electron chi connectivity index (χ3n) is 6.23. The molecule has 1 amide bonds. The van der Waals surface area contributed by atoms with Crippen molar-refractivity contribution in [3.63, 3.8) is 0 Å². The van der Waals surface area contributed by atoms with Crippen molar-refractivity contribution >= 4 is 35.1 Å². The predicted octanol–water partition coefficient (Wildman–Crippen LogP) is 4.47. The second-order valence-electron chi connectivity index (χ2n) is 8.34. The van der Waals surface area contributed by atoms with E-state index in [-0.39, 0.29) is 29.9 Å². The van der Waals surface area contributed by atoms with Crippen molar-refractivity contribution in [2.75, 3.05) is 13.7 Å². The molecule has 2 heterocycles. The molecule has 0 aromatic heterocycles. The van der Waals surface area contributed by atoms with Crippen LogP contribution in [-0.2, 0) is 16.1 Å². The van der Waals surface area contributed by atoms with Crippen LogP contribution in [0.25, 0.3) is 0 Å². The normalized spacial score (nSPS) is 22.4. The van der Waals surface area contributed by atoms with E-state index in [9.17, 15) is 9.59 Å². The number of hydrogen-bond donors (Lipinski definition) is 1. The van der Waals surface area contributed by atoms with E-state index < -0.39 is 5.97 Å². The largest absolute Gasteiger partial charge is 0.483 e. The van der Waals surface area contributed by atoms with Crippen LogP contribution in [0.3, 0.4) is 0 Å². The number of benzene rings is 2. The number of nitrogens with one attached hydrogen (secondary N) is 1. The molecule has 2 aliphatic heterocycles. The zero-order valence-corrected chi connectivity index (χ0v) is 19.4. The molecule has 1 N–H and O–H groups in total. The summed E-state index contributed by atoms with van der Waals surface area (Å²) in [5.74, 6) is -0.492. The van der Waals surface area contributed by atoms with Crippen molar-refractivity contribution in [3.8, 4) is 5.75 Å². The fourth-order valence-electron chi connectivity index (χ4n) is 4.76. The second kappa shape index (κ2) is 10.1. The summed E-state index contributed by atoms with van der Waals surface area (Å²) in [5.41, 5.74) is 1.45. The van der Waals surface area contributed by atoms with E-state index in [1.807, 2.05) is 12.1 Å². The molecule has 0 saturated carbocycles. The monoisotopic (exact) mass is 476 g/mol. The smallest absolute Gasteiger partial charge is 0.341 e. The molecule has 8 heteroatoms. The zero-order chi connectivity index (χ0) is 22.7. The minimum absolute atomic E-state index is 0.121. The fourth-order valence-corrected chi connectivity index (χ4v) is 5.06. The molecule has 2 fully saturated rings. The molecule has 2 saturated heterocycles. The Morgan fingerprint density at radius 1 is 1.03 bits per heavy atom. The van der Waals surface area contributed by atoms with Gasteiger partial charge < -0.3 is 14.8 Å². The number of ether oxygens (including phenoxy) is 2. The average molecular weight is 477 g/mol. The van der Waals surface area contributed by atoms with Gasteiger partial charge in [0.25, 0.3) is 5.91 Å². The quantitative estimate of drug-likeness (QED) is 0.597. The summed E-state index contributed by atoms with van der Waals surface area (Å²) < 4.78 is 10.4. The number of esters is 1. The Hall–Kier alpha value is -2.28. The van der Waals surface area contributed by atoms with Gasteiger partial charge in [0.05, 0.1) is 7.11 Å². The Bertz CT molecular complexity index is 968. The van der Waals surface area contributed by atoms with Gasteiger partial charge >= 0.3 is 5.97 Å². The maximum Gasteiger partial charge on any atom is 0.341 e. The molecule has 4 rings (SSSR count). The van der Waals surface area contributed by atoms with Crippen LogP contribution >= 0.6 is 23.2 Å². The van der Waals surface area contributed by atoms with Gasteiger partial charge in [-0.25, -0.2) is 4.79 Å². The molecule has 6 nitrogen and oxygen atoms in total. The summed E-state index contributed by atoms with van der Waals surface area (Å²) in [6.07, 6.45) is 4.14. The summed E-state index contributed by atoms with van der Waals surface area (Å²) in [6, 6.07) is 13.7. The third kappa shape index (κ3) is 5.37. The molecule has 1 unspecified atom stereocenters. The van der Waals surface area contributed by atoms with Crippen molar-refractivity contribution in [2.24, 2.45) is 0 Å². The Kier molecular flexibility index (Phi) is 7.23. The van der Waals surface area contributed by atoms with Crippen molar-refractivity contribution in [2.45, 2.75) is 50.4 Å². The van der Waals surface area contributed by atoms with Crippen molar-refractivity contribution in [1.29, 1.82) is 0 Å². The average Bonchev–Trinajstić information content (AvgIpc) is 3.01. The molecular weight excluding hydrogens is 451 g/mol. The molecular formula is C24H26Cl2N2O4. The molecule has 3 atom stereocenters. The maximum absolute atomic E-state index is 12.5. The van der Waals surface area contributed by atoms with Crippen molar-refractivity contribution in [1.82, 2.24) is 10.2 Å². The van der Waals surface area contributed by atoms with E-state index in [4.69, 9.17) is 32.7 Å². The summed E-state index contributed by atoms with van der Waals surface area (Å²) in [7, 11) is 1.29. The number of carbonyl (C=O) groups excluding carboxylic acids is 2. The lowest BCUT2D eigenvalue weighted by Crippen LogP contribution is -2.50. The first-order valence-electron chi connectivity index (χ1n) is 10.7. The summed E-state index contributed by atoms with van der Waals surface area (Å²) in [6.45, 7) is 0.731. The van der Waals surface area contributed by atoms with Gasteiger partial charge in [0.2, 0.25) is 0 Å². The van der Waals surface area contributed by atoms with Crippen molar-refractivity contribution in [3.05, 3.63) is 63.6 Å². The van der Waals surface area contributed by atoms with Gasteiger partial charge in [0, 0.05) is 34.7 Å². The second-order valence-corrected chi connectivity index (χ2v) is 9.21. The van der Waals surface area contributed by atoms with Gasteiger partial charge in [0.1, 0.15) is 11.3 Å². The number of fused-ring (bicyclic) bond motifs is 2. The maximum atomic E-state index is 12.5. The van der Waals surface area contributed by atoms with Crippen LogP contribution < -0.4 is 10.1 Å². The fraction of sp³-hybridized carbons (Fsp3) is 0.417. The lowest BCUT2D eigenvalue weighted by Gasteiger charge is -2.39. The molecule has 2 aromatic rings. The van der Waals surface area contributed by atoms with E-state index in [1.54, 1.807) is 12.1 Å². The Morgan fingerprint density at radius 3 is 2.34 bits per heavy atom. The number of halogens is 2. The molecule has 170 valence electrons. The number of methoxy groups -OCH3 is 1. The van der Waals surface area contributed by atoms with Crippen LogP contribution in [-0.4, -0.2) is 48.6 Å². The first kappa shape index (κ1) is 22.9. The molecule has 2 aliphatic rings. The van der Waals surface area contributed by atoms with Gasteiger partial charge in [-0.05, 0) is 61.6 Å². The van der Waals surface area contributed by atoms with Crippen LogP contribution in [0.2, 0.25) is 10.0 Å². The minimum atomic E-state index is -0.562. The molecule has 0 aliphatic carbocycles. The van der Waals surface area contributed by atoms with E-state index in [2.05, 4.69) is 22.3 Å². The number of hydrogen-bond acceptors (Lipinski definition) is 5. The highest BCUT2D eigenvalue weighted by atomic mass is 35.5. The van der Waals surface area contributed by atoms with Gasteiger partial charge in [0.15, 0.2) is 6.61 Å². The molecule has 0 radical (unpaired) electrons. The number of carbonyl (C=O) groups is 2. The molecule has 32 heavy (non-hydrogen) atoms. The van der Waals surface area contributed by atoms with Gasteiger partial charge in [-0.1, -0.05) is 35.3 Å². The Morgan fingerprint density at radius 2 is 1.69 bits per heavy atom. The van der Waals surface area contributed by atoms with Gasteiger partial charge in [-0.2, -0.15) is 0 Å². The highest BCUT2D eigenvalue weighted by molar-refractivity contribution is 6.31. The number of rotatable bonds is 7. The molecule has 2 aromatic carbocycles. The highest BCUT2D eigenvalue weighted by Crippen LogP contribution is 2.37. The Labute approximate surface area is 197 Å². The Balaban J connectivity index is 1.30. The van der Waals surface area contributed by atoms with Crippen LogP contribution in [0, 0.1) is 0 Å². The van der Waals surface area contributed by atoms with E-state index in [0.29, 0.717) is 17.1 Å². The zero-order valence-electron chi connectivity index (χ0n) is 17.9. The summed E-state index contributed by atoms with van der Waals surface area (Å²) in [4.78, 5) is 27.0. The first-order valence-corrected chi connectivity index (χ1v) is 11.5. The van der Waals surface area contributed by atoms with E-state index in [0.717, 1.165) is 37.3 Å². The van der Waals surface area contributed by atoms with Crippen LogP contribution in [0.4, 0.5) is 0 Å². The first-order chi connectivity index (χ1) is 15.4. The minimum Gasteiger partial charge on any atom is -0.483 e. The third-order valence-corrected chi connectivity index (χ3v) is 6.72. The van der Waals surface area contributed by atoms with E-state index >= 15 is 0 Å². The van der Waals surface area contributed by atoms with E-state index in [1.165, 1.54) is 18.7 Å². The summed E-state index contributed by atoms with van der Waals surface area (Å²) in [5, 5.41) is 4.25. The van der Waals surface area contributed by atoms with Crippen LogP contribution in [0.1, 0.15) is 41.6 Å². The lowest BCUT2D eigenvalue weighted by molar-refractivity contribution is -0.124. The van der Waals surface area contributed by atoms with Crippen molar-refractivity contribution < 1.29 is 19.1 Å². The SMILES string of the molecule is COC(=O)c1cc(Cl)ccc1OCC(=O)NC1C[C@H]2CC[C@@H](C1)N2Cc1ccc(Cl)cc1. The highest BCUT2D eigenvalue weighted by Gasteiger charge is 2.40. The molecule has 2 bridgehead atoms. The number of amides is 1. The van der Waals surface area contributed by atoms with Crippen LogP contribution in [0.15, 0.2) is 42.5 Å². The summed E-state index contributed by atoms with van der Waals surface area (Å²) >= 11 is 12.0. The lowest BCUT2D eigenvalue weighted by atomic mass is 9.96. The topological polar surface area (TPSA) is 67.9 Å². The standard InChI is InChI=1S/C24H26Cl2N2O4/c1-31-24(30)21-10-17(26)6-9-22(21)32-14-23(29)27-18-11-19-7-8-20(12-18)28(19)13-15-2-4-16(25)5-3-15/h2-6,9-10,18-20H,7-8,11-14H2,1H3,(H,27,29)/t18?,19-,20+. The number of nitrogens with zero attached hydrogens (tertiary/aromatic N) is 1. The van der Waals surface area contributed by atoms with Crippen LogP contribution in [0.5, 0.6) is 5.75 Å². The van der Waals surface area contributed by atoms with Gasteiger partial charge in [-0.15, -0.1) is 0 Å². The predicted molar refractivity (Wildman–Crippen MR) is 123 cm³/mol. The number of piperidine rings is 1. The molecule has 0 spiro atoms. The van der Waals surface area contributed by atoms with Gasteiger partial charge in [-0.3, -0.25) is 9.69 Å².